The Morgan fingerprint density at radius 2 is 1.12 bits per heavy atom. The number of carbonyl (C=O) groups is 4. The monoisotopic (exact) mass is 1110 g/mol. The van der Waals surface area contributed by atoms with Crippen molar-refractivity contribution < 1.29 is 47.6 Å². The van der Waals surface area contributed by atoms with Gasteiger partial charge in [0.25, 0.3) is 11.8 Å². The molecule has 10 aliphatic rings. The quantitative estimate of drug-likeness (QED) is 0.0857. The second kappa shape index (κ2) is 18.2. The molecule has 8 fully saturated rings. The summed E-state index contributed by atoms with van der Waals surface area (Å²) in [6, 6.07) is 13.3. The Kier molecular flexibility index (Phi) is 11.6. The molecule has 6 unspecified atom stereocenters. The van der Waals surface area contributed by atoms with Crippen molar-refractivity contribution in [2.45, 2.75) is 162 Å². The van der Waals surface area contributed by atoms with E-state index >= 15 is 18.4 Å². The fraction of sp³-hybridized carbons (Fsp3) is 0.607. The van der Waals surface area contributed by atoms with E-state index in [0.29, 0.717) is 125 Å². The lowest BCUT2D eigenvalue weighted by molar-refractivity contribution is -0.154. The average Bonchev–Trinajstić information content (AvgIpc) is 2.70. The SMILES string of the molecule is CC1C[C@H](C2CC3CCCC34c3ccc5nc([nH]c5c3)C(NC(=O)O)(C3CCOCC3)C(=O)N24)N(c2cc(F)c(N3CCCCC3)c(F)c2)[C@]1(C)C1C[C@@H]2CCC[C@@]23c2ccc4nc([nH]c4c2)[C@@](NC(=O)O)(C2CCOCC2)C(=O)N13. The third-order valence-electron chi connectivity index (χ3n) is 22.7. The third-order valence-corrected chi connectivity index (χ3v) is 22.7. The molecule has 4 amide bonds. The molecule has 6 saturated heterocycles. The van der Waals surface area contributed by atoms with E-state index in [1.807, 2.05) is 17.0 Å². The lowest BCUT2D eigenvalue weighted by atomic mass is 9.74. The van der Waals surface area contributed by atoms with Gasteiger partial charge in [0, 0.05) is 57.0 Å². The zero-order valence-electron chi connectivity index (χ0n) is 46.1. The van der Waals surface area contributed by atoms with Crippen molar-refractivity contribution in [2.24, 2.45) is 29.6 Å². The summed E-state index contributed by atoms with van der Waals surface area (Å²) in [7, 11) is 0. The van der Waals surface area contributed by atoms with E-state index < -0.39 is 93.3 Å². The third kappa shape index (κ3) is 6.88. The normalized spacial score (nSPS) is 35.8. The summed E-state index contributed by atoms with van der Waals surface area (Å²) < 4.78 is 47.1. The van der Waals surface area contributed by atoms with Crippen molar-refractivity contribution >= 4 is 57.4 Å². The van der Waals surface area contributed by atoms with Crippen LogP contribution in [0.1, 0.15) is 139 Å². The fourth-order valence-electron chi connectivity index (χ4n) is 19.2. The van der Waals surface area contributed by atoms with Gasteiger partial charge in [-0.05, 0) is 162 Å². The number of benzene rings is 3. The number of ether oxygens (including phenoxy) is 2. The minimum absolute atomic E-state index is 0.0665. The van der Waals surface area contributed by atoms with E-state index in [0.717, 1.165) is 56.1 Å². The molecule has 3 aromatic carbocycles. The zero-order valence-corrected chi connectivity index (χ0v) is 46.1. The van der Waals surface area contributed by atoms with Crippen molar-refractivity contribution in [1.82, 2.24) is 40.4 Å². The lowest BCUT2D eigenvalue weighted by Crippen LogP contribution is -2.71. The number of anilines is 2. The second-order valence-corrected chi connectivity index (χ2v) is 25.9. The maximum absolute atomic E-state index is 17.7. The van der Waals surface area contributed by atoms with Crippen molar-refractivity contribution in [3.05, 3.63) is 82.9 Å². The molecule has 6 bridgehead atoms. The van der Waals surface area contributed by atoms with Crippen LogP contribution in [0.5, 0.6) is 0 Å². The highest BCUT2D eigenvalue weighted by molar-refractivity contribution is 5.95. The molecule has 8 aliphatic heterocycles. The smallest absolute Gasteiger partial charge is 0.405 e. The number of fused-ring (bicyclic) bond motifs is 4. The maximum Gasteiger partial charge on any atom is 0.405 e. The molecule has 428 valence electrons. The number of carbonyl (C=O) groups excluding carboxylic acids is 2. The topological polar surface area (TPSA) is 222 Å². The Labute approximate surface area is 468 Å². The number of H-pyrrole nitrogens is 2. The van der Waals surface area contributed by atoms with Crippen molar-refractivity contribution in [3.8, 4) is 0 Å². The fourth-order valence-corrected chi connectivity index (χ4v) is 19.2. The van der Waals surface area contributed by atoms with E-state index in [2.05, 4.69) is 68.5 Å². The van der Waals surface area contributed by atoms with E-state index in [9.17, 15) is 19.8 Å². The first-order valence-electron chi connectivity index (χ1n) is 30.0. The van der Waals surface area contributed by atoms with Gasteiger partial charge in [-0.15, -0.1) is 0 Å². The number of aromatic amines is 2. The van der Waals surface area contributed by atoms with Gasteiger partial charge < -0.3 is 59.9 Å². The van der Waals surface area contributed by atoms with Crippen LogP contribution in [0.15, 0.2) is 48.5 Å². The summed E-state index contributed by atoms with van der Waals surface area (Å²) >= 11 is 0. The molecule has 10 heterocycles. The highest BCUT2D eigenvalue weighted by Crippen LogP contribution is 2.66. The number of hydrogen-bond donors (Lipinski definition) is 6. The van der Waals surface area contributed by atoms with Gasteiger partial charge in [0.2, 0.25) is 0 Å². The van der Waals surface area contributed by atoms with E-state index in [-0.39, 0.29) is 35.1 Å². The largest absolute Gasteiger partial charge is 0.465 e. The van der Waals surface area contributed by atoms with Crippen molar-refractivity contribution in [1.29, 1.82) is 0 Å². The number of halogens is 2. The number of imidazole rings is 2. The molecule has 2 saturated carbocycles. The first-order chi connectivity index (χ1) is 39.1. The molecule has 5 aromatic rings. The van der Waals surface area contributed by atoms with Gasteiger partial charge in [0.1, 0.15) is 17.3 Å². The summed E-state index contributed by atoms with van der Waals surface area (Å²) in [5.41, 5.74) is -1.91. The first kappa shape index (κ1) is 51.3. The zero-order chi connectivity index (χ0) is 55.5. The van der Waals surface area contributed by atoms with Gasteiger partial charge in [0.05, 0.1) is 56.8 Å². The predicted octanol–water partition coefficient (Wildman–Crippen LogP) is 9.08. The summed E-state index contributed by atoms with van der Waals surface area (Å²) in [6.45, 7) is 6.63. The van der Waals surface area contributed by atoms with Crippen molar-refractivity contribution in [3.63, 3.8) is 0 Å². The number of nitrogens with one attached hydrogen (secondary N) is 4. The van der Waals surface area contributed by atoms with Crippen molar-refractivity contribution in [2.75, 3.05) is 49.3 Å². The number of amides is 4. The molecule has 2 aliphatic carbocycles. The molecule has 15 rings (SSSR count). The minimum atomic E-state index is -1.88. The van der Waals surface area contributed by atoms with Crippen LogP contribution in [0.2, 0.25) is 0 Å². The molecule has 20 heteroatoms. The van der Waals surface area contributed by atoms with Crippen LogP contribution >= 0.6 is 0 Å². The van der Waals surface area contributed by atoms with Crippen LogP contribution in [0, 0.1) is 41.2 Å². The standard InChI is InChI=1S/C61H72F2N10O8/c1-33-26-47(48-29-36-8-6-18-58(36)38-10-12-43-45(27-38)66-51(64-43)60(68-55(76)77,53(74)72(48)58)34-14-22-80-23-15-34)71(40-31-41(62)50(42(63)32-40)70-20-4-3-5-21-70)57(33,2)49-30-37-9-7-19-59(37)39-11-13-44-46(28-39)67-52(65-44)61(69-56(78)79,54(75)73(49)59)35-16-24-81-25-17-35/h10-13,27-28,31-37,47-49,68-69H,3-9,14-26,29-30H2,1-2H3,(H,64,66)(H,65,67)(H,76,77)(H,78,79)/t33?,36?,37-,47+,48?,49?,57-,58?,59-,60?,61-/m0/s1. The summed E-state index contributed by atoms with van der Waals surface area (Å²) in [6.07, 6.45) is 7.37. The van der Waals surface area contributed by atoms with Gasteiger partial charge in [-0.1, -0.05) is 31.9 Å². The van der Waals surface area contributed by atoms with E-state index in [4.69, 9.17) is 19.4 Å². The molecule has 6 N–H and O–H groups in total. The maximum atomic E-state index is 17.7. The van der Waals surface area contributed by atoms with E-state index in [1.54, 1.807) is 4.90 Å². The van der Waals surface area contributed by atoms with Crippen LogP contribution in [-0.4, -0.2) is 127 Å². The molecule has 11 atom stereocenters. The number of piperidine rings is 1. The molecular weight excluding hydrogens is 1040 g/mol. The van der Waals surface area contributed by atoms with Gasteiger partial charge in [0.15, 0.2) is 22.7 Å². The van der Waals surface area contributed by atoms with Crippen LogP contribution in [-0.2, 0) is 41.2 Å². The van der Waals surface area contributed by atoms with Gasteiger partial charge in [-0.3, -0.25) is 9.59 Å². The number of carboxylic acid groups (broad SMARTS) is 2. The van der Waals surface area contributed by atoms with Gasteiger partial charge >= 0.3 is 12.2 Å². The number of hydrogen-bond acceptors (Lipinski definition) is 10. The second-order valence-electron chi connectivity index (χ2n) is 25.9. The van der Waals surface area contributed by atoms with E-state index in [1.165, 1.54) is 12.1 Å². The summed E-state index contributed by atoms with van der Waals surface area (Å²) in [4.78, 5) is 86.6. The summed E-state index contributed by atoms with van der Waals surface area (Å²) in [5.74, 6) is -3.31. The Hall–Kier alpha value is -6.54. The molecular formula is C61H72F2N10O8. The average molecular weight is 1110 g/mol. The highest BCUT2D eigenvalue weighted by Gasteiger charge is 2.72. The Balaban J connectivity index is 0.955. The Bertz CT molecular complexity index is 3410. The molecule has 0 radical (unpaired) electrons. The van der Waals surface area contributed by atoms with Gasteiger partial charge in [-0.25, -0.2) is 28.3 Å². The van der Waals surface area contributed by atoms with Crippen LogP contribution in [0.3, 0.4) is 0 Å². The number of nitrogens with zero attached hydrogens (tertiary/aromatic N) is 6. The summed E-state index contributed by atoms with van der Waals surface area (Å²) in [5, 5.41) is 27.8. The Morgan fingerprint density at radius 1 is 0.630 bits per heavy atom. The molecule has 18 nitrogen and oxygen atoms in total. The number of aromatic nitrogens is 4. The van der Waals surface area contributed by atoms with Crippen LogP contribution in [0.4, 0.5) is 29.7 Å². The molecule has 2 aromatic heterocycles. The van der Waals surface area contributed by atoms with Crippen LogP contribution in [0.25, 0.3) is 22.1 Å². The predicted molar refractivity (Wildman–Crippen MR) is 294 cm³/mol. The molecule has 81 heavy (non-hydrogen) atoms. The van der Waals surface area contributed by atoms with Crippen LogP contribution < -0.4 is 20.4 Å². The minimum Gasteiger partial charge on any atom is -0.465 e. The first-order valence-corrected chi connectivity index (χ1v) is 30.0. The van der Waals surface area contributed by atoms with Gasteiger partial charge in [-0.2, -0.15) is 0 Å². The molecule has 2 spiro atoms. The lowest BCUT2D eigenvalue weighted by Gasteiger charge is -2.55. The highest BCUT2D eigenvalue weighted by atomic mass is 19.1. The Morgan fingerprint density at radius 3 is 1.65 bits per heavy atom. The number of rotatable bonds is 8.